The highest BCUT2D eigenvalue weighted by Crippen LogP contribution is 2.08. The predicted octanol–water partition coefficient (Wildman–Crippen LogP) is 0.932. The highest BCUT2D eigenvalue weighted by atomic mass is 16.5. The number of nitrogens with one attached hydrogen (secondary N) is 1. The van der Waals surface area contributed by atoms with Gasteiger partial charge < -0.3 is 14.6 Å². The van der Waals surface area contributed by atoms with Gasteiger partial charge in [-0.3, -0.25) is 4.68 Å². The zero-order valence-electron chi connectivity index (χ0n) is 11.4. The molecule has 0 atom stereocenters. The molecule has 0 aromatic carbocycles. The average Bonchev–Trinajstić information content (AvgIpc) is 3.02. The monoisotopic (exact) mass is 264 g/mol. The van der Waals surface area contributed by atoms with Gasteiger partial charge >= 0.3 is 0 Å². The number of nitrogens with zero attached hydrogens (tertiary/aromatic N) is 5. The van der Waals surface area contributed by atoms with Gasteiger partial charge in [-0.1, -0.05) is 5.21 Å². The number of hydrogen-bond donors (Lipinski definition) is 1. The summed E-state index contributed by atoms with van der Waals surface area (Å²) in [6.07, 6.45) is 6.54. The summed E-state index contributed by atoms with van der Waals surface area (Å²) in [5.41, 5.74) is 1.01. The Hall–Kier alpha value is -1.89. The molecular formula is C12H20N6O. The molecule has 1 N–H and O–H groups in total. The van der Waals surface area contributed by atoms with Gasteiger partial charge in [-0.2, -0.15) is 0 Å². The molecule has 2 aromatic rings. The van der Waals surface area contributed by atoms with Crippen LogP contribution in [0.4, 0.5) is 5.95 Å². The Labute approximate surface area is 112 Å². The quantitative estimate of drug-likeness (QED) is 0.718. The highest BCUT2D eigenvalue weighted by molar-refractivity contribution is 5.28. The molecule has 2 heterocycles. The highest BCUT2D eigenvalue weighted by Gasteiger charge is 2.05. The molecule has 0 saturated carbocycles. The molecule has 7 nitrogen and oxygen atoms in total. The standard InChI is InChI=1S/C12H20N6O/c1-11-10-17(7-8-18-6-5-14-16-18)12(15-11)13-4-3-9-19-2/h5-6,10H,3-4,7-9H2,1-2H3,(H,13,15). The molecule has 0 amide bonds. The number of aromatic nitrogens is 5. The summed E-state index contributed by atoms with van der Waals surface area (Å²) in [7, 11) is 1.71. The number of ether oxygens (including phenoxy) is 1. The number of rotatable bonds is 8. The Morgan fingerprint density at radius 1 is 1.37 bits per heavy atom. The van der Waals surface area contributed by atoms with Crippen LogP contribution in [0.1, 0.15) is 12.1 Å². The summed E-state index contributed by atoms with van der Waals surface area (Å²) >= 11 is 0. The fourth-order valence-corrected chi connectivity index (χ4v) is 1.84. The van der Waals surface area contributed by atoms with E-state index in [4.69, 9.17) is 4.74 Å². The van der Waals surface area contributed by atoms with Crippen molar-refractivity contribution in [2.75, 3.05) is 25.6 Å². The summed E-state index contributed by atoms with van der Waals surface area (Å²) in [5.74, 6) is 0.897. The van der Waals surface area contributed by atoms with Crippen LogP contribution in [0.3, 0.4) is 0 Å². The molecular weight excluding hydrogens is 244 g/mol. The van der Waals surface area contributed by atoms with Gasteiger partial charge in [0.15, 0.2) is 0 Å². The fraction of sp³-hybridized carbons (Fsp3) is 0.583. The zero-order valence-corrected chi connectivity index (χ0v) is 11.4. The first-order valence-corrected chi connectivity index (χ1v) is 6.40. The van der Waals surface area contributed by atoms with E-state index < -0.39 is 0 Å². The van der Waals surface area contributed by atoms with Crippen LogP contribution in [0.5, 0.6) is 0 Å². The van der Waals surface area contributed by atoms with Crippen molar-refractivity contribution in [2.24, 2.45) is 0 Å². The van der Waals surface area contributed by atoms with Gasteiger partial charge in [0.1, 0.15) is 0 Å². The van der Waals surface area contributed by atoms with Crippen molar-refractivity contribution < 1.29 is 4.74 Å². The molecule has 0 bridgehead atoms. The average molecular weight is 264 g/mol. The molecule has 0 unspecified atom stereocenters. The van der Waals surface area contributed by atoms with Crippen molar-refractivity contribution in [1.82, 2.24) is 24.5 Å². The Kier molecular flexibility index (Phi) is 4.91. The first-order valence-electron chi connectivity index (χ1n) is 6.40. The lowest BCUT2D eigenvalue weighted by molar-refractivity contribution is 0.197. The minimum absolute atomic E-state index is 0.756. The second-order valence-electron chi connectivity index (χ2n) is 4.34. The van der Waals surface area contributed by atoms with Crippen LogP contribution in [0, 0.1) is 6.92 Å². The first-order chi connectivity index (χ1) is 9.29. The Morgan fingerprint density at radius 2 is 2.26 bits per heavy atom. The van der Waals surface area contributed by atoms with Crippen LogP contribution >= 0.6 is 0 Å². The van der Waals surface area contributed by atoms with E-state index in [2.05, 4.69) is 25.2 Å². The van der Waals surface area contributed by atoms with E-state index in [9.17, 15) is 0 Å². The molecule has 0 radical (unpaired) electrons. The van der Waals surface area contributed by atoms with Crippen molar-refractivity contribution in [1.29, 1.82) is 0 Å². The third-order valence-corrected chi connectivity index (χ3v) is 2.75. The molecule has 19 heavy (non-hydrogen) atoms. The van der Waals surface area contributed by atoms with Crippen LogP contribution < -0.4 is 5.32 Å². The first kappa shape index (κ1) is 13.5. The molecule has 2 rings (SSSR count). The van der Waals surface area contributed by atoms with Gasteiger partial charge in [0.2, 0.25) is 5.95 Å². The molecule has 0 aliphatic rings. The van der Waals surface area contributed by atoms with E-state index in [1.165, 1.54) is 0 Å². The summed E-state index contributed by atoms with van der Waals surface area (Å²) < 4.78 is 8.94. The van der Waals surface area contributed by atoms with Crippen LogP contribution in [0.15, 0.2) is 18.6 Å². The van der Waals surface area contributed by atoms with Crippen molar-refractivity contribution in [2.45, 2.75) is 26.4 Å². The lowest BCUT2D eigenvalue weighted by Crippen LogP contribution is -2.13. The fourth-order valence-electron chi connectivity index (χ4n) is 1.84. The predicted molar refractivity (Wildman–Crippen MR) is 72.0 cm³/mol. The molecule has 0 aliphatic heterocycles. The zero-order chi connectivity index (χ0) is 13.5. The molecule has 7 heteroatoms. The molecule has 104 valence electrons. The number of anilines is 1. The second-order valence-corrected chi connectivity index (χ2v) is 4.34. The summed E-state index contributed by atoms with van der Waals surface area (Å²) in [6.45, 7) is 5.20. The van der Waals surface area contributed by atoms with Crippen molar-refractivity contribution in [3.63, 3.8) is 0 Å². The molecule has 0 aliphatic carbocycles. The normalized spacial score (nSPS) is 10.8. The van der Waals surface area contributed by atoms with Crippen molar-refractivity contribution >= 4 is 5.95 Å². The summed E-state index contributed by atoms with van der Waals surface area (Å²) in [5, 5.41) is 11.1. The number of aryl methyl sites for hydroxylation is 3. The summed E-state index contributed by atoms with van der Waals surface area (Å²) in [4.78, 5) is 4.47. The number of hydrogen-bond acceptors (Lipinski definition) is 5. The third kappa shape index (κ3) is 4.06. The van der Waals surface area contributed by atoms with Gasteiger partial charge in [0.25, 0.3) is 0 Å². The van der Waals surface area contributed by atoms with Crippen molar-refractivity contribution in [3.8, 4) is 0 Å². The molecule has 2 aromatic heterocycles. The van der Waals surface area contributed by atoms with E-state index in [0.717, 1.165) is 44.3 Å². The van der Waals surface area contributed by atoms with Crippen LogP contribution in [0.2, 0.25) is 0 Å². The number of methoxy groups -OCH3 is 1. The maximum atomic E-state index is 5.03. The van der Waals surface area contributed by atoms with Gasteiger partial charge in [-0.25, -0.2) is 4.98 Å². The topological polar surface area (TPSA) is 69.8 Å². The maximum absolute atomic E-state index is 5.03. The third-order valence-electron chi connectivity index (χ3n) is 2.75. The van der Waals surface area contributed by atoms with Crippen LogP contribution in [-0.2, 0) is 17.8 Å². The Balaban J connectivity index is 1.88. The Morgan fingerprint density at radius 3 is 3.00 bits per heavy atom. The van der Waals surface area contributed by atoms with E-state index >= 15 is 0 Å². The maximum Gasteiger partial charge on any atom is 0.203 e. The lowest BCUT2D eigenvalue weighted by atomic mass is 10.4. The largest absolute Gasteiger partial charge is 0.385 e. The van der Waals surface area contributed by atoms with Gasteiger partial charge in [0.05, 0.1) is 18.4 Å². The lowest BCUT2D eigenvalue weighted by Gasteiger charge is -2.09. The van der Waals surface area contributed by atoms with Gasteiger partial charge in [-0.05, 0) is 13.3 Å². The van der Waals surface area contributed by atoms with Crippen LogP contribution in [0.25, 0.3) is 0 Å². The van der Waals surface area contributed by atoms with Crippen molar-refractivity contribution in [3.05, 3.63) is 24.3 Å². The number of imidazole rings is 1. The second kappa shape index (κ2) is 6.89. The SMILES string of the molecule is COCCCNc1nc(C)cn1CCn1ccnn1. The van der Waals surface area contributed by atoms with E-state index in [1.807, 2.05) is 24.0 Å². The van der Waals surface area contributed by atoms with E-state index in [-0.39, 0.29) is 0 Å². The van der Waals surface area contributed by atoms with E-state index in [0.29, 0.717) is 0 Å². The molecule has 0 fully saturated rings. The van der Waals surface area contributed by atoms with E-state index in [1.54, 1.807) is 13.3 Å². The molecule has 0 spiro atoms. The minimum Gasteiger partial charge on any atom is -0.385 e. The Bertz CT molecular complexity index is 478. The van der Waals surface area contributed by atoms with Gasteiger partial charge in [0, 0.05) is 39.2 Å². The van der Waals surface area contributed by atoms with Gasteiger partial charge in [-0.15, -0.1) is 5.10 Å². The minimum atomic E-state index is 0.756. The molecule has 0 saturated heterocycles. The van der Waals surface area contributed by atoms with Crippen LogP contribution in [-0.4, -0.2) is 44.8 Å². The smallest absolute Gasteiger partial charge is 0.203 e. The summed E-state index contributed by atoms with van der Waals surface area (Å²) in [6, 6.07) is 0.